The number of halogens is 1. The summed E-state index contributed by atoms with van der Waals surface area (Å²) in [6.45, 7) is 1.66. The maximum atomic E-state index is 14.3. The monoisotopic (exact) mass is 476 g/mol. The number of hydrogen-bond acceptors (Lipinski definition) is 4. The molecule has 0 spiro atoms. The molecular formula is C29H29FO5. The number of ether oxygens (including phenoxy) is 2. The SMILES string of the molecule is C1CC1.COc1ccc(F)c(-c2ccc(C3Cc4cc(CC(C)C(=O)O)ccc4C(=O)O3)cc2)c1. The van der Waals surface area contributed by atoms with Crippen LogP contribution in [0.3, 0.4) is 0 Å². The van der Waals surface area contributed by atoms with Gasteiger partial charge in [-0.05, 0) is 52.9 Å². The molecule has 0 radical (unpaired) electrons. The molecule has 1 N–H and O–H groups in total. The van der Waals surface area contributed by atoms with Gasteiger partial charge in [0.15, 0.2) is 0 Å². The van der Waals surface area contributed by atoms with Crippen molar-refractivity contribution in [3.8, 4) is 16.9 Å². The van der Waals surface area contributed by atoms with Gasteiger partial charge in [-0.2, -0.15) is 0 Å². The van der Waals surface area contributed by atoms with Crippen molar-refractivity contribution in [2.45, 2.75) is 45.1 Å². The fourth-order valence-corrected chi connectivity index (χ4v) is 3.93. The first kappa shape index (κ1) is 24.5. The molecule has 0 bridgehead atoms. The number of methoxy groups -OCH3 is 1. The third-order valence-corrected chi connectivity index (χ3v) is 6.13. The average molecular weight is 477 g/mol. The first-order chi connectivity index (χ1) is 16.9. The van der Waals surface area contributed by atoms with E-state index in [0.717, 1.165) is 16.7 Å². The molecule has 1 heterocycles. The summed E-state index contributed by atoms with van der Waals surface area (Å²) in [5.41, 5.74) is 4.14. The number of esters is 1. The molecule has 3 aromatic rings. The molecule has 2 aliphatic rings. The van der Waals surface area contributed by atoms with E-state index in [-0.39, 0.29) is 5.82 Å². The Morgan fingerprint density at radius 3 is 2.40 bits per heavy atom. The summed E-state index contributed by atoms with van der Waals surface area (Å²) < 4.78 is 25.1. The third-order valence-electron chi connectivity index (χ3n) is 6.13. The predicted molar refractivity (Wildman–Crippen MR) is 131 cm³/mol. The van der Waals surface area contributed by atoms with Gasteiger partial charge in [-0.3, -0.25) is 4.79 Å². The molecule has 182 valence electrons. The standard InChI is InChI=1S/C26H23FO5.C3H6/c1-15(25(28)29)11-16-3-9-21-19(12-16)13-24(32-26(21)30)18-6-4-17(5-7-18)22-14-20(31-2)8-10-23(22)27;1-2-3-1/h3-10,12,14-15,24H,11,13H2,1-2H3,(H,28,29);1-3H2. The van der Waals surface area contributed by atoms with Crippen molar-refractivity contribution in [3.05, 3.63) is 88.7 Å². The van der Waals surface area contributed by atoms with E-state index in [0.29, 0.717) is 35.3 Å². The van der Waals surface area contributed by atoms with Crippen molar-refractivity contribution in [3.63, 3.8) is 0 Å². The van der Waals surface area contributed by atoms with Crippen molar-refractivity contribution < 1.29 is 28.6 Å². The summed E-state index contributed by atoms with van der Waals surface area (Å²) in [7, 11) is 1.53. The topological polar surface area (TPSA) is 72.8 Å². The first-order valence-electron chi connectivity index (χ1n) is 11.8. The van der Waals surface area contributed by atoms with Gasteiger partial charge >= 0.3 is 11.9 Å². The van der Waals surface area contributed by atoms with Crippen LogP contribution in [-0.2, 0) is 22.4 Å². The molecule has 5 nitrogen and oxygen atoms in total. The second kappa shape index (κ2) is 10.7. The van der Waals surface area contributed by atoms with Gasteiger partial charge in [-0.15, -0.1) is 0 Å². The van der Waals surface area contributed by atoms with Gasteiger partial charge in [-0.1, -0.05) is 62.6 Å². The second-order valence-corrected chi connectivity index (χ2v) is 9.06. The van der Waals surface area contributed by atoms with E-state index < -0.39 is 24.0 Å². The maximum Gasteiger partial charge on any atom is 0.339 e. The molecule has 2 unspecified atom stereocenters. The zero-order chi connectivity index (χ0) is 24.9. The van der Waals surface area contributed by atoms with Gasteiger partial charge in [-0.25, -0.2) is 9.18 Å². The van der Waals surface area contributed by atoms with Crippen LogP contribution in [0.25, 0.3) is 11.1 Å². The average Bonchev–Trinajstić information content (AvgIpc) is 3.74. The molecule has 0 saturated heterocycles. The number of cyclic esters (lactones) is 1. The molecule has 6 heteroatoms. The number of carbonyl (C=O) groups excluding carboxylic acids is 1. The van der Waals surface area contributed by atoms with Crippen LogP contribution in [0.1, 0.15) is 59.3 Å². The number of carbonyl (C=O) groups is 2. The highest BCUT2D eigenvalue weighted by molar-refractivity contribution is 5.92. The zero-order valence-electron chi connectivity index (χ0n) is 19.9. The van der Waals surface area contributed by atoms with Crippen molar-refractivity contribution in [2.75, 3.05) is 7.11 Å². The Hall–Kier alpha value is -3.67. The minimum atomic E-state index is -0.854. The van der Waals surface area contributed by atoms with Crippen LogP contribution in [-0.4, -0.2) is 24.2 Å². The largest absolute Gasteiger partial charge is 0.497 e. The summed E-state index contributed by atoms with van der Waals surface area (Å²) in [5, 5.41) is 9.16. The summed E-state index contributed by atoms with van der Waals surface area (Å²) in [4.78, 5) is 23.7. The summed E-state index contributed by atoms with van der Waals surface area (Å²) >= 11 is 0. The van der Waals surface area contributed by atoms with Crippen molar-refractivity contribution in [2.24, 2.45) is 5.92 Å². The molecule has 1 aliphatic carbocycles. The minimum absolute atomic E-state index is 0.348. The summed E-state index contributed by atoms with van der Waals surface area (Å²) in [6.07, 6.45) is 4.91. The Kier molecular flexibility index (Phi) is 7.49. The van der Waals surface area contributed by atoms with Gasteiger partial charge in [0, 0.05) is 12.0 Å². The molecule has 3 aromatic carbocycles. The van der Waals surface area contributed by atoms with Gasteiger partial charge in [0.2, 0.25) is 0 Å². The summed E-state index contributed by atoms with van der Waals surface area (Å²) in [5.74, 6) is -1.55. The Morgan fingerprint density at radius 1 is 1.06 bits per heavy atom. The molecule has 5 rings (SSSR count). The van der Waals surface area contributed by atoms with Crippen LogP contribution in [0, 0.1) is 11.7 Å². The second-order valence-electron chi connectivity index (χ2n) is 9.06. The molecule has 0 amide bonds. The van der Waals surface area contributed by atoms with Crippen LogP contribution in [0.5, 0.6) is 5.75 Å². The van der Waals surface area contributed by atoms with Crippen LogP contribution < -0.4 is 4.74 Å². The number of carboxylic acid groups (broad SMARTS) is 1. The normalized spacial score (nSPS) is 16.8. The number of aliphatic carboxylic acids is 1. The van der Waals surface area contributed by atoms with E-state index in [4.69, 9.17) is 14.6 Å². The van der Waals surface area contributed by atoms with Crippen molar-refractivity contribution in [1.82, 2.24) is 0 Å². The Balaban J connectivity index is 0.000000894. The Bertz CT molecular complexity index is 1210. The molecule has 2 atom stereocenters. The molecule has 1 fully saturated rings. The van der Waals surface area contributed by atoms with E-state index in [1.807, 2.05) is 18.2 Å². The van der Waals surface area contributed by atoms with Crippen LogP contribution in [0.2, 0.25) is 0 Å². The van der Waals surface area contributed by atoms with E-state index in [9.17, 15) is 14.0 Å². The minimum Gasteiger partial charge on any atom is -0.497 e. The maximum absolute atomic E-state index is 14.3. The molecule has 1 aliphatic heterocycles. The molecule has 0 aromatic heterocycles. The van der Waals surface area contributed by atoms with Gasteiger partial charge < -0.3 is 14.6 Å². The quantitative estimate of drug-likeness (QED) is 0.418. The highest BCUT2D eigenvalue weighted by Crippen LogP contribution is 2.33. The lowest BCUT2D eigenvalue weighted by Crippen LogP contribution is -2.22. The van der Waals surface area contributed by atoms with E-state index in [2.05, 4.69) is 0 Å². The van der Waals surface area contributed by atoms with Crippen molar-refractivity contribution in [1.29, 1.82) is 0 Å². The number of benzene rings is 3. The van der Waals surface area contributed by atoms with Gasteiger partial charge in [0.05, 0.1) is 18.6 Å². The number of fused-ring (bicyclic) bond motifs is 1. The van der Waals surface area contributed by atoms with E-state index in [1.54, 1.807) is 43.3 Å². The van der Waals surface area contributed by atoms with E-state index >= 15 is 0 Å². The highest BCUT2D eigenvalue weighted by atomic mass is 19.1. The predicted octanol–water partition coefficient (Wildman–Crippen LogP) is 6.39. The molecule has 35 heavy (non-hydrogen) atoms. The van der Waals surface area contributed by atoms with Gasteiger partial charge in [0.25, 0.3) is 0 Å². The number of hydrogen-bond donors (Lipinski definition) is 1. The first-order valence-corrected chi connectivity index (χ1v) is 11.8. The number of carboxylic acids is 1. The van der Waals surface area contributed by atoms with Crippen LogP contribution in [0.15, 0.2) is 60.7 Å². The highest BCUT2D eigenvalue weighted by Gasteiger charge is 2.28. The number of rotatable bonds is 6. The lowest BCUT2D eigenvalue weighted by atomic mass is 9.90. The fraction of sp³-hybridized carbons (Fsp3) is 0.310. The van der Waals surface area contributed by atoms with Crippen molar-refractivity contribution >= 4 is 11.9 Å². The smallest absolute Gasteiger partial charge is 0.339 e. The lowest BCUT2D eigenvalue weighted by molar-refractivity contribution is -0.141. The van der Waals surface area contributed by atoms with Gasteiger partial charge in [0.1, 0.15) is 17.7 Å². The molecule has 1 saturated carbocycles. The molecular weight excluding hydrogens is 447 g/mol. The zero-order valence-corrected chi connectivity index (χ0v) is 19.9. The lowest BCUT2D eigenvalue weighted by Gasteiger charge is -2.26. The Labute approximate surface area is 204 Å². The Morgan fingerprint density at radius 2 is 1.77 bits per heavy atom. The van der Waals surface area contributed by atoms with Crippen LogP contribution >= 0.6 is 0 Å². The fourth-order valence-electron chi connectivity index (χ4n) is 3.93. The van der Waals surface area contributed by atoms with E-state index in [1.165, 1.54) is 32.4 Å². The third kappa shape index (κ3) is 6.07. The van der Waals surface area contributed by atoms with Crippen LogP contribution in [0.4, 0.5) is 4.39 Å². The summed E-state index contributed by atoms with van der Waals surface area (Å²) in [6, 6.07) is 17.2.